The van der Waals surface area contributed by atoms with E-state index < -0.39 is 15.9 Å². The molecule has 2 N–H and O–H groups in total. The van der Waals surface area contributed by atoms with Gasteiger partial charge in [-0.1, -0.05) is 30.1 Å². The lowest BCUT2D eigenvalue weighted by molar-refractivity contribution is 0.102. The number of rotatable bonds is 6. The fourth-order valence-corrected chi connectivity index (χ4v) is 3.65. The van der Waals surface area contributed by atoms with Crippen LogP contribution in [0.4, 0.5) is 5.69 Å². The maximum Gasteiger partial charge on any atom is 0.255 e. The molecule has 0 aromatic heterocycles. The van der Waals surface area contributed by atoms with Gasteiger partial charge in [0.1, 0.15) is 0 Å². The summed E-state index contributed by atoms with van der Waals surface area (Å²) in [6.45, 7) is 3.68. The third-order valence-electron chi connectivity index (χ3n) is 3.57. The number of sulfonamides is 1. The van der Waals surface area contributed by atoms with Gasteiger partial charge in [0, 0.05) is 16.6 Å². The molecule has 0 spiro atoms. The van der Waals surface area contributed by atoms with E-state index in [1.165, 1.54) is 30.3 Å². The first-order valence-electron chi connectivity index (χ1n) is 7.61. The Bertz CT molecular complexity index is 868. The highest BCUT2D eigenvalue weighted by atomic mass is 35.5. The van der Waals surface area contributed by atoms with Crippen molar-refractivity contribution in [3.05, 3.63) is 58.1 Å². The number of nitrogens with one attached hydrogen (secondary N) is 2. The lowest BCUT2D eigenvalue weighted by atomic mass is 10.2. The number of carbonyl (C=O) groups is 1. The SMILES string of the molecule is CCC(C)NS(=O)(=O)c1ccc(C(=O)Nc2cc(Cl)ccc2Cl)cc1. The molecule has 0 saturated heterocycles. The van der Waals surface area contributed by atoms with Crippen LogP contribution in [-0.2, 0) is 10.0 Å². The van der Waals surface area contributed by atoms with E-state index in [1.807, 2.05) is 6.92 Å². The molecular formula is C17H18Cl2N2O3S. The van der Waals surface area contributed by atoms with Crippen molar-refractivity contribution in [2.75, 3.05) is 5.32 Å². The third kappa shape index (κ3) is 5.19. The molecule has 1 atom stereocenters. The first-order chi connectivity index (χ1) is 11.7. The Balaban J connectivity index is 2.16. The summed E-state index contributed by atoms with van der Waals surface area (Å²) in [4.78, 5) is 12.4. The van der Waals surface area contributed by atoms with Gasteiger partial charge in [0.05, 0.1) is 15.6 Å². The fraction of sp³-hybridized carbons (Fsp3) is 0.235. The van der Waals surface area contributed by atoms with E-state index in [9.17, 15) is 13.2 Å². The van der Waals surface area contributed by atoms with Crippen LogP contribution in [0.25, 0.3) is 0 Å². The van der Waals surface area contributed by atoms with Crippen molar-refractivity contribution in [1.29, 1.82) is 0 Å². The molecule has 0 radical (unpaired) electrons. The minimum atomic E-state index is -3.61. The zero-order valence-corrected chi connectivity index (χ0v) is 16.0. The van der Waals surface area contributed by atoms with E-state index in [1.54, 1.807) is 19.1 Å². The van der Waals surface area contributed by atoms with Gasteiger partial charge in [0.2, 0.25) is 10.0 Å². The lowest BCUT2D eigenvalue weighted by Gasteiger charge is -2.12. The zero-order valence-electron chi connectivity index (χ0n) is 13.7. The monoisotopic (exact) mass is 400 g/mol. The van der Waals surface area contributed by atoms with E-state index in [2.05, 4.69) is 10.0 Å². The summed E-state index contributed by atoms with van der Waals surface area (Å²) >= 11 is 11.9. The molecule has 8 heteroatoms. The number of carbonyl (C=O) groups excluding carboxylic acids is 1. The van der Waals surface area contributed by atoms with E-state index in [0.29, 0.717) is 27.7 Å². The molecule has 0 saturated carbocycles. The quantitative estimate of drug-likeness (QED) is 0.757. The molecule has 0 heterocycles. The lowest BCUT2D eigenvalue weighted by Crippen LogP contribution is -2.32. The molecule has 2 aromatic rings. The van der Waals surface area contributed by atoms with Gasteiger partial charge in [-0.05, 0) is 55.8 Å². The molecule has 0 fully saturated rings. The van der Waals surface area contributed by atoms with Crippen molar-refractivity contribution in [3.8, 4) is 0 Å². The summed E-state index contributed by atoms with van der Waals surface area (Å²) in [7, 11) is -3.61. The first-order valence-corrected chi connectivity index (χ1v) is 9.85. The first kappa shape index (κ1) is 19.7. The second-order valence-corrected chi connectivity index (χ2v) is 8.09. The van der Waals surface area contributed by atoms with Gasteiger partial charge < -0.3 is 5.32 Å². The zero-order chi connectivity index (χ0) is 18.6. The third-order valence-corrected chi connectivity index (χ3v) is 5.74. The molecule has 0 aliphatic rings. The summed E-state index contributed by atoms with van der Waals surface area (Å²) in [5, 5.41) is 3.44. The van der Waals surface area contributed by atoms with Crippen LogP contribution in [0.5, 0.6) is 0 Å². The normalized spacial score (nSPS) is 12.6. The highest BCUT2D eigenvalue weighted by molar-refractivity contribution is 7.89. The van der Waals surface area contributed by atoms with E-state index in [0.717, 1.165) is 0 Å². The summed E-state index contributed by atoms with van der Waals surface area (Å²) in [5.41, 5.74) is 0.688. The van der Waals surface area contributed by atoms with Gasteiger partial charge in [-0.15, -0.1) is 0 Å². The summed E-state index contributed by atoms with van der Waals surface area (Å²) in [5.74, 6) is -0.414. The Hall–Kier alpha value is -1.60. The summed E-state index contributed by atoms with van der Waals surface area (Å²) < 4.78 is 27.0. The van der Waals surface area contributed by atoms with E-state index in [-0.39, 0.29) is 10.9 Å². The van der Waals surface area contributed by atoms with E-state index in [4.69, 9.17) is 23.2 Å². The molecule has 1 amide bonds. The van der Waals surface area contributed by atoms with Gasteiger partial charge in [-0.3, -0.25) is 4.79 Å². The Labute approximate surface area is 157 Å². The van der Waals surface area contributed by atoms with Gasteiger partial charge in [-0.2, -0.15) is 0 Å². The van der Waals surface area contributed by atoms with Gasteiger partial charge in [0.25, 0.3) is 5.91 Å². The Morgan fingerprint density at radius 1 is 1.12 bits per heavy atom. The van der Waals surface area contributed by atoms with Crippen molar-refractivity contribution in [3.63, 3.8) is 0 Å². The smallest absolute Gasteiger partial charge is 0.255 e. The standard InChI is InChI=1S/C17H18Cl2N2O3S/c1-3-11(2)21-25(23,24)14-7-4-12(5-8-14)17(22)20-16-10-13(18)6-9-15(16)19/h4-11,21H,3H2,1-2H3,(H,20,22). The Morgan fingerprint density at radius 3 is 2.36 bits per heavy atom. The predicted molar refractivity (Wildman–Crippen MR) is 101 cm³/mol. The molecule has 0 aliphatic carbocycles. The predicted octanol–water partition coefficient (Wildman–Crippen LogP) is 4.32. The minimum Gasteiger partial charge on any atom is -0.321 e. The summed E-state index contributed by atoms with van der Waals surface area (Å²) in [6, 6.07) is 10.2. The maximum absolute atomic E-state index is 12.3. The molecule has 2 rings (SSSR count). The molecule has 25 heavy (non-hydrogen) atoms. The number of hydrogen-bond acceptors (Lipinski definition) is 3. The second kappa shape index (κ2) is 8.19. The van der Waals surface area contributed by atoms with Crippen LogP contribution in [0, 0.1) is 0 Å². The van der Waals surface area contributed by atoms with Crippen molar-refractivity contribution in [2.45, 2.75) is 31.2 Å². The van der Waals surface area contributed by atoms with Gasteiger partial charge in [0.15, 0.2) is 0 Å². The van der Waals surface area contributed by atoms with Crippen LogP contribution in [0.2, 0.25) is 10.0 Å². The number of benzene rings is 2. The molecule has 0 bridgehead atoms. The molecule has 0 aliphatic heterocycles. The number of amides is 1. The summed E-state index contributed by atoms with van der Waals surface area (Å²) in [6.07, 6.45) is 0.681. The molecular weight excluding hydrogens is 383 g/mol. The molecule has 1 unspecified atom stereocenters. The van der Waals surface area contributed by atoms with Crippen molar-refractivity contribution in [1.82, 2.24) is 4.72 Å². The highest BCUT2D eigenvalue weighted by Crippen LogP contribution is 2.26. The number of halogens is 2. The number of anilines is 1. The average Bonchev–Trinajstić information content (AvgIpc) is 2.57. The highest BCUT2D eigenvalue weighted by Gasteiger charge is 2.17. The van der Waals surface area contributed by atoms with Crippen molar-refractivity contribution in [2.24, 2.45) is 0 Å². The van der Waals surface area contributed by atoms with Gasteiger partial charge in [-0.25, -0.2) is 13.1 Å². The minimum absolute atomic E-state index is 0.102. The topological polar surface area (TPSA) is 75.3 Å². The fourth-order valence-electron chi connectivity index (χ4n) is 1.99. The average molecular weight is 401 g/mol. The maximum atomic E-state index is 12.3. The molecule has 134 valence electrons. The van der Waals surface area contributed by atoms with Gasteiger partial charge >= 0.3 is 0 Å². The van der Waals surface area contributed by atoms with Crippen LogP contribution in [-0.4, -0.2) is 20.4 Å². The number of hydrogen-bond donors (Lipinski definition) is 2. The van der Waals surface area contributed by atoms with Crippen LogP contribution >= 0.6 is 23.2 Å². The largest absolute Gasteiger partial charge is 0.321 e. The van der Waals surface area contributed by atoms with Crippen molar-refractivity contribution < 1.29 is 13.2 Å². The van der Waals surface area contributed by atoms with Crippen LogP contribution in [0.15, 0.2) is 47.4 Å². The van der Waals surface area contributed by atoms with Crippen LogP contribution in [0.3, 0.4) is 0 Å². The van der Waals surface area contributed by atoms with E-state index >= 15 is 0 Å². The van der Waals surface area contributed by atoms with Crippen LogP contribution < -0.4 is 10.0 Å². The molecule has 2 aromatic carbocycles. The Kier molecular flexibility index (Phi) is 6.46. The van der Waals surface area contributed by atoms with Crippen LogP contribution in [0.1, 0.15) is 30.6 Å². The second-order valence-electron chi connectivity index (χ2n) is 5.53. The molecule has 5 nitrogen and oxygen atoms in total. The Morgan fingerprint density at radius 2 is 1.76 bits per heavy atom. The van der Waals surface area contributed by atoms with Crippen molar-refractivity contribution >= 4 is 44.8 Å².